The highest BCUT2D eigenvalue weighted by Crippen LogP contribution is 2.16. The van der Waals surface area contributed by atoms with Gasteiger partial charge in [0.15, 0.2) is 6.10 Å². The van der Waals surface area contributed by atoms with Crippen molar-refractivity contribution in [3.63, 3.8) is 0 Å². The zero-order chi connectivity index (χ0) is 16.8. The van der Waals surface area contributed by atoms with E-state index >= 15 is 0 Å². The first-order valence-electron chi connectivity index (χ1n) is 7.26. The van der Waals surface area contributed by atoms with Gasteiger partial charge in [0.05, 0.1) is 6.42 Å². The predicted octanol–water partition coefficient (Wildman–Crippen LogP) is 3.87. The van der Waals surface area contributed by atoms with E-state index in [2.05, 4.69) is 21.2 Å². The molecule has 0 spiro atoms. The molecule has 0 aromatic heterocycles. The second kappa shape index (κ2) is 7.92. The summed E-state index contributed by atoms with van der Waals surface area (Å²) in [4.78, 5) is 24.1. The Hall–Kier alpha value is -2.14. The molecule has 0 aliphatic heterocycles. The SMILES string of the molecule is Cc1ccccc1CC(=O)O[C@H](C)C(=O)Nc1cccc(Br)c1. The summed E-state index contributed by atoms with van der Waals surface area (Å²) in [6, 6.07) is 14.8. The van der Waals surface area contributed by atoms with Gasteiger partial charge in [0.1, 0.15) is 0 Å². The van der Waals surface area contributed by atoms with Crippen LogP contribution in [0.15, 0.2) is 53.0 Å². The molecule has 5 heteroatoms. The fraction of sp³-hybridized carbons (Fsp3) is 0.222. The lowest BCUT2D eigenvalue weighted by atomic mass is 10.1. The fourth-order valence-corrected chi connectivity index (χ4v) is 2.47. The molecule has 1 amide bonds. The molecule has 0 aliphatic rings. The number of carbonyl (C=O) groups is 2. The molecule has 1 atom stereocenters. The van der Waals surface area contributed by atoms with E-state index in [-0.39, 0.29) is 12.3 Å². The van der Waals surface area contributed by atoms with E-state index in [1.54, 1.807) is 19.1 Å². The minimum Gasteiger partial charge on any atom is -0.452 e. The van der Waals surface area contributed by atoms with Crippen LogP contribution in [0, 0.1) is 6.92 Å². The summed E-state index contributed by atoms with van der Waals surface area (Å²) in [6.45, 7) is 3.50. The van der Waals surface area contributed by atoms with Gasteiger partial charge in [0.2, 0.25) is 0 Å². The quantitative estimate of drug-likeness (QED) is 0.806. The second-order valence-electron chi connectivity index (χ2n) is 5.23. The van der Waals surface area contributed by atoms with E-state index in [1.165, 1.54) is 0 Å². The van der Waals surface area contributed by atoms with Crippen molar-refractivity contribution in [3.05, 3.63) is 64.1 Å². The van der Waals surface area contributed by atoms with Gasteiger partial charge < -0.3 is 10.1 Å². The zero-order valence-electron chi connectivity index (χ0n) is 13.0. The van der Waals surface area contributed by atoms with Crippen molar-refractivity contribution in [2.24, 2.45) is 0 Å². The predicted molar refractivity (Wildman–Crippen MR) is 93.2 cm³/mol. The maximum absolute atomic E-state index is 12.1. The molecule has 1 N–H and O–H groups in total. The summed E-state index contributed by atoms with van der Waals surface area (Å²) in [7, 11) is 0. The van der Waals surface area contributed by atoms with Crippen LogP contribution in [0.2, 0.25) is 0 Å². The van der Waals surface area contributed by atoms with E-state index in [0.717, 1.165) is 15.6 Å². The van der Waals surface area contributed by atoms with Gasteiger partial charge in [0.25, 0.3) is 5.91 Å². The number of ether oxygens (including phenoxy) is 1. The standard InChI is InChI=1S/C18H18BrNO3/c1-12-6-3-4-7-14(12)10-17(21)23-13(2)18(22)20-16-9-5-8-15(19)11-16/h3-9,11,13H,10H2,1-2H3,(H,20,22)/t13-/m1/s1. The number of hydrogen-bond acceptors (Lipinski definition) is 3. The number of nitrogens with one attached hydrogen (secondary N) is 1. The van der Waals surface area contributed by atoms with Crippen molar-refractivity contribution in [2.75, 3.05) is 5.32 Å². The largest absolute Gasteiger partial charge is 0.452 e. The van der Waals surface area contributed by atoms with Crippen LogP contribution in [0.1, 0.15) is 18.1 Å². The molecule has 0 saturated carbocycles. The van der Waals surface area contributed by atoms with Crippen molar-refractivity contribution >= 4 is 33.5 Å². The number of rotatable bonds is 5. The van der Waals surface area contributed by atoms with Gasteiger partial charge in [-0.1, -0.05) is 46.3 Å². The van der Waals surface area contributed by atoms with Gasteiger partial charge in [-0.2, -0.15) is 0 Å². The van der Waals surface area contributed by atoms with Crippen LogP contribution < -0.4 is 5.32 Å². The van der Waals surface area contributed by atoms with E-state index in [9.17, 15) is 9.59 Å². The maximum atomic E-state index is 12.1. The Morgan fingerprint density at radius 1 is 1.17 bits per heavy atom. The van der Waals surface area contributed by atoms with Crippen LogP contribution in [-0.2, 0) is 20.7 Å². The van der Waals surface area contributed by atoms with E-state index in [0.29, 0.717) is 5.69 Å². The summed E-state index contributed by atoms with van der Waals surface area (Å²) >= 11 is 3.34. The summed E-state index contributed by atoms with van der Waals surface area (Å²) < 4.78 is 6.07. The molecular formula is C18H18BrNO3. The van der Waals surface area contributed by atoms with Gasteiger partial charge in [-0.15, -0.1) is 0 Å². The summed E-state index contributed by atoms with van der Waals surface area (Å²) in [5.74, 6) is -0.780. The molecule has 2 rings (SSSR count). The molecule has 0 fully saturated rings. The zero-order valence-corrected chi connectivity index (χ0v) is 14.6. The Morgan fingerprint density at radius 2 is 1.91 bits per heavy atom. The van der Waals surface area contributed by atoms with E-state index in [1.807, 2.05) is 43.3 Å². The third kappa shape index (κ3) is 5.21. The van der Waals surface area contributed by atoms with Crippen LogP contribution in [-0.4, -0.2) is 18.0 Å². The minimum absolute atomic E-state index is 0.154. The summed E-state index contributed by atoms with van der Waals surface area (Å²) in [5.41, 5.74) is 2.57. The second-order valence-corrected chi connectivity index (χ2v) is 6.15. The summed E-state index contributed by atoms with van der Waals surface area (Å²) in [5, 5.41) is 2.72. The Morgan fingerprint density at radius 3 is 2.61 bits per heavy atom. The van der Waals surface area contributed by atoms with Gasteiger partial charge in [0, 0.05) is 10.2 Å². The number of halogens is 1. The molecular weight excluding hydrogens is 358 g/mol. The molecule has 2 aromatic carbocycles. The first kappa shape index (κ1) is 17.2. The molecule has 0 saturated heterocycles. The highest BCUT2D eigenvalue weighted by atomic mass is 79.9. The number of amides is 1. The van der Waals surface area contributed by atoms with E-state index in [4.69, 9.17) is 4.74 Å². The van der Waals surface area contributed by atoms with Crippen LogP contribution >= 0.6 is 15.9 Å². The van der Waals surface area contributed by atoms with Gasteiger partial charge in [-0.05, 0) is 43.2 Å². The Labute approximate surface area is 144 Å². The van der Waals surface area contributed by atoms with Crippen LogP contribution in [0.25, 0.3) is 0 Å². The number of carbonyl (C=O) groups excluding carboxylic acids is 2. The van der Waals surface area contributed by atoms with Gasteiger partial charge in [-0.3, -0.25) is 9.59 Å². The Balaban J connectivity index is 1.90. The Bertz CT molecular complexity index is 715. The smallest absolute Gasteiger partial charge is 0.311 e. The normalized spacial score (nSPS) is 11.6. The molecule has 0 unspecified atom stereocenters. The number of anilines is 1. The van der Waals surface area contributed by atoms with Crippen molar-refractivity contribution in [1.82, 2.24) is 0 Å². The van der Waals surface area contributed by atoms with Crippen molar-refractivity contribution in [2.45, 2.75) is 26.4 Å². The summed E-state index contributed by atoms with van der Waals surface area (Å²) in [6.07, 6.45) is -0.702. The number of benzene rings is 2. The van der Waals surface area contributed by atoms with Gasteiger partial charge in [-0.25, -0.2) is 0 Å². The minimum atomic E-state index is -0.856. The number of hydrogen-bond donors (Lipinski definition) is 1. The fourth-order valence-electron chi connectivity index (χ4n) is 2.07. The average molecular weight is 376 g/mol. The lowest BCUT2D eigenvalue weighted by Gasteiger charge is -2.14. The highest BCUT2D eigenvalue weighted by molar-refractivity contribution is 9.10. The third-order valence-corrected chi connectivity index (χ3v) is 3.86. The molecule has 23 heavy (non-hydrogen) atoms. The number of aryl methyl sites for hydroxylation is 1. The molecule has 0 aliphatic carbocycles. The lowest BCUT2D eigenvalue weighted by Crippen LogP contribution is -2.30. The highest BCUT2D eigenvalue weighted by Gasteiger charge is 2.18. The number of esters is 1. The van der Waals surface area contributed by atoms with Crippen molar-refractivity contribution < 1.29 is 14.3 Å². The molecule has 0 radical (unpaired) electrons. The topological polar surface area (TPSA) is 55.4 Å². The average Bonchev–Trinajstić information content (AvgIpc) is 2.49. The van der Waals surface area contributed by atoms with Crippen LogP contribution in [0.4, 0.5) is 5.69 Å². The first-order chi connectivity index (χ1) is 11.0. The maximum Gasteiger partial charge on any atom is 0.311 e. The third-order valence-electron chi connectivity index (χ3n) is 3.37. The molecule has 2 aromatic rings. The monoisotopic (exact) mass is 375 g/mol. The first-order valence-corrected chi connectivity index (χ1v) is 8.05. The van der Waals surface area contributed by atoms with Crippen LogP contribution in [0.3, 0.4) is 0 Å². The molecule has 4 nitrogen and oxygen atoms in total. The van der Waals surface area contributed by atoms with Crippen molar-refractivity contribution in [1.29, 1.82) is 0 Å². The van der Waals surface area contributed by atoms with Crippen molar-refractivity contribution in [3.8, 4) is 0 Å². The van der Waals surface area contributed by atoms with Crippen LogP contribution in [0.5, 0.6) is 0 Å². The molecule has 0 bridgehead atoms. The Kier molecular flexibility index (Phi) is 5.93. The van der Waals surface area contributed by atoms with Gasteiger partial charge >= 0.3 is 5.97 Å². The van der Waals surface area contributed by atoms with E-state index < -0.39 is 12.1 Å². The lowest BCUT2D eigenvalue weighted by molar-refractivity contribution is -0.152. The molecule has 0 heterocycles. The molecule has 120 valence electrons.